The molecule has 1 rings (SSSR count). The zero-order valence-electron chi connectivity index (χ0n) is 16.5. The molecule has 0 aliphatic carbocycles. The number of primary amides is 1. The molecule has 3 amide bonds. The number of ether oxygens (including phenoxy) is 2. The monoisotopic (exact) mass is 400 g/mol. The van der Waals surface area contributed by atoms with Crippen molar-refractivity contribution < 1.29 is 23.9 Å². The van der Waals surface area contributed by atoms with E-state index in [0.717, 1.165) is 0 Å². The summed E-state index contributed by atoms with van der Waals surface area (Å²) in [5, 5.41) is 7.38. The molecule has 4 N–H and O–H groups in total. The fraction of sp³-hybridized carbons (Fsp3) is 0.647. The molecule has 0 fully saturated rings. The number of nitrogens with two attached hydrogens (primary N) is 1. The lowest BCUT2D eigenvalue weighted by Crippen LogP contribution is -2.39. The van der Waals surface area contributed by atoms with E-state index in [0.29, 0.717) is 5.01 Å². The van der Waals surface area contributed by atoms with Gasteiger partial charge in [-0.2, -0.15) is 0 Å². The van der Waals surface area contributed by atoms with Gasteiger partial charge >= 0.3 is 12.2 Å². The molecular formula is C17H28N4O5S. The Labute approximate surface area is 163 Å². The van der Waals surface area contributed by atoms with Crippen LogP contribution >= 0.6 is 11.3 Å². The van der Waals surface area contributed by atoms with Gasteiger partial charge in [0, 0.05) is 24.4 Å². The topological polar surface area (TPSA) is 133 Å². The van der Waals surface area contributed by atoms with E-state index in [1.54, 1.807) is 41.5 Å². The van der Waals surface area contributed by atoms with E-state index < -0.39 is 29.3 Å². The number of alkyl carbamates (subject to hydrolysis) is 2. The Morgan fingerprint density at radius 1 is 1.04 bits per heavy atom. The van der Waals surface area contributed by atoms with Gasteiger partial charge in [0.05, 0.1) is 0 Å². The maximum atomic E-state index is 11.9. The molecule has 0 atom stereocenters. The number of aromatic nitrogens is 1. The Morgan fingerprint density at radius 3 is 1.81 bits per heavy atom. The average molecular weight is 401 g/mol. The minimum Gasteiger partial charge on any atom is -0.444 e. The maximum absolute atomic E-state index is 11.9. The van der Waals surface area contributed by atoms with Crippen molar-refractivity contribution in [2.75, 3.05) is 13.1 Å². The summed E-state index contributed by atoms with van der Waals surface area (Å²) in [6, 6.07) is 0. The van der Waals surface area contributed by atoms with Gasteiger partial charge in [0.25, 0.3) is 5.91 Å². The van der Waals surface area contributed by atoms with E-state index in [9.17, 15) is 14.4 Å². The first-order valence-electron chi connectivity index (χ1n) is 8.46. The number of nitrogens with zero attached hydrogens (tertiary/aromatic N) is 1. The predicted molar refractivity (Wildman–Crippen MR) is 102 cm³/mol. The van der Waals surface area contributed by atoms with Gasteiger partial charge in [0.15, 0.2) is 0 Å². The van der Waals surface area contributed by atoms with E-state index in [-0.39, 0.29) is 24.7 Å². The standard InChI is InChI=1S/C17H28N4O5S/c1-16(2,3)25-14(23)19-7-10(8-20-15(24)26-17(4,5)6)13-21-11(9-27-13)12(18)22/h9-10H,7-8H2,1-6H3,(H2,18,22)(H,19,23)(H,20,24). The third-order valence-corrected chi connectivity index (χ3v) is 3.91. The van der Waals surface area contributed by atoms with Crippen molar-refractivity contribution in [2.45, 2.75) is 58.7 Å². The van der Waals surface area contributed by atoms with Crippen LogP contribution in [0, 0.1) is 0 Å². The minimum atomic E-state index is -0.642. The van der Waals surface area contributed by atoms with Crippen molar-refractivity contribution in [1.29, 1.82) is 0 Å². The molecule has 0 radical (unpaired) electrons. The molecular weight excluding hydrogens is 372 g/mol. The Bertz CT molecular complexity index is 644. The Kier molecular flexibility index (Phi) is 7.58. The van der Waals surface area contributed by atoms with Crippen molar-refractivity contribution >= 4 is 29.4 Å². The Balaban J connectivity index is 2.78. The summed E-state index contributed by atoms with van der Waals surface area (Å²) in [6.45, 7) is 10.8. The van der Waals surface area contributed by atoms with E-state index in [1.807, 2.05) is 0 Å². The lowest BCUT2D eigenvalue weighted by molar-refractivity contribution is 0.0518. The van der Waals surface area contributed by atoms with E-state index >= 15 is 0 Å². The highest BCUT2D eigenvalue weighted by Crippen LogP contribution is 2.20. The number of nitrogens with one attached hydrogen (secondary N) is 2. The summed E-state index contributed by atoms with van der Waals surface area (Å²) in [7, 11) is 0. The second-order valence-corrected chi connectivity index (χ2v) is 8.79. The molecule has 10 heteroatoms. The van der Waals surface area contributed by atoms with Gasteiger partial charge in [0.1, 0.15) is 21.9 Å². The molecule has 1 aromatic rings. The molecule has 0 aliphatic rings. The normalized spacial score (nSPS) is 11.8. The average Bonchev–Trinajstić information content (AvgIpc) is 2.93. The molecule has 1 heterocycles. The Hall–Kier alpha value is -2.36. The van der Waals surface area contributed by atoms with Gasteiger partial charge in [-0.05, 0) is 41.5 Å². The Morgan fingerprint density at radius 2 is 1.48 bits per heavy atom. The van der Waals surface area contributed by atoms with Crippen LogP contribution in [0.5, 0.6) is 0 Å². The molecule has 152 valence electrons. The molecule has 0 bridgehead atoms. The summed E-state index contributed by atoms with van der Waals surface area (Å²) in [5.41, 5.74) is 4.11. The first kappa shape index (κ1) is 22.7. The third kappa shape index (κ3) is 9.23. The van der Waals surface area contributed by atoms with Crippen LogP contribution in [0.2, 0.25) is 0 Å². The quantitative estimate of drug-likeness (QED) is 0.671. The van der Waals surface area contributed by atoms with Crippen molar-refractivity contribution in [3.05, 3.63) is 16.1 Å². The summed E-state index contributed by atoms with van der Waals surface area (Å²) < 4.78 is 10.4. The lowest BCUT2D eigenvalue weighted by Gasteiger charge is -2.23. The van der Waals surface area contributed by atoms with Crippen LogP contribution in [0.1, 0.15) is 63.0 Å². The molecule has 0 saturated heterocycles. The molecule has 27 heavy (non-hydrogen) atoms. The molecule has 1 aromatic heterocycles. The van der Waals surface area contributed by atoms with Crippen LogP contribution in [0.25, 0.3) is 0 Å². The fourth-order valence-corrected chi connectivity index (χ4v) is 2.79. The molecule has 9 nitrogen and oxygen atoms in total. The fourth-order valence-electron chi connectivity index (χ4n) is 1.88. The van der Waals surface area contributed by atoms with Gasteiger partial charge < -0.3 is 25.8 Å². The SMILES string of the molecule is CC(C)(C)OC(=O)NCC(CNC(=O)OC(C)(C)C)c1nc(C(N)=O)cs1. The second-order valence-electron chi connectivity index (χ2n) is 7.90. The summed E-state index contributed by atoms with van der Waals surface area (Å²) in [5.74, 6) is -1.03. The first-order valence-corrected chi connectivity index (χ1v) is 9.34. The third-order valence-electron chi connectivity index (χ3n) is 2.91. The number of thiazole rings is 1. The number of hydrogen-bond acceptors (Lipinski definition) is 7. The number of carbonyl (C=O) groups is 3. The number of carbonyl (C=O) groups excluding carboxylic acids is 3. The van der Waals surface area contributed by atoms with Crippen molar-refractivity contribution in [2.24, 2.45) is 5.73 Å². The van der Waals surface area contributed by atoms with Crippen molar-refractivity contribution in [1.82, 2.24) is 15.6 Å². The van der Waals surface area contributed by atoms with Crippen LogP contribution in [0.3, 0.4) is 0 Å². The number of hydrogen-bond donors (Lipinski definition) is 3. The number of rotatable bonds is 6. The highest BCUT2D eigenvalue weighted by atomic mass is 32.1. The van der Waals surface area contributed by atoms with Gasteiger partial charge in [-0.3, -0.25) is 4.79 Å². The molecule has 0 aliphatic heterocycles. The summed E-state index contributed by atoms with van der Waals surface area (Å²) >= 11 is 1.22. The van der Waals surface area contributed by atoms with Crippen molar-refractivity contribution in [3.63, 3.8) is 0 Å². The molecule has 0 spiro atoms. The van der Waals surface area contributed by atoms with Gasteiger partial charge in [-0.15, -0.1) is 11.3 Å². The highest BCUT2D eigenvalue weighted by molar-refractivity contribution is 7.09. The number of amides is 3. The van der Waals surface area contributed by atoms with Crippen LogP contribution < -0.4 is 16.4 Å². The summed E-state index contributed by atoms with van der Waals surface area (Å²) in [4.78, 5) is 39.2. The van der Waals surface area contributed by atoms with Crippen LogP contribution in [0.15, 0.2) is 5.38 Å². The van der Waals surface area contributed by atoms with E-state index in [2.05, 4.69) is 15.6 Å². The maximum Gasteiger partial charge on any atom is 0.407 e. The highest BCUT2D eigenvalue weighted by Gasteiger charge is 2.23. The van der Waals surface area contributed by atoms with Crippen molar-refractivity contribution in [3.8, 4) is 0 Å². The van der Waals surface area contributed by atoms with Gasteiger partial charge in [-0.1, -0.05) is 0 Å². The molecule has 0 saturated carbocycles. The van der Waals surface area contributed by atoms with E-state index in [1.165, 1.54) is 16.7 Å². The molecule has 0 aromatic carbocycles. The zero-order valence-corrected chi connectivity index (χ0v) is 17.4. The lowest BCUT2D eigenvalue weighted by atomic mass is 10.1. The van der Waals surface area contributed by atoms with Gasteiger partial charge in [-0.25, -0.2) is 14.6 Å². The molecule has 0 unspecified atom stereocenters. The second kappa shape index (κ2) is 9.03. The predicted octanol–water partition coefficient (Wildman–Crippen LogP) is 2.38. The first-order chi connectivity index (χ1) is 12.3. The van der Waals surface area contributed by atoms with Crippen LogP contribution in [0.4, 0.5) is 9.59 Å². The van der Waals surface area contributed by atoms with Gasteiger partial charge in [0.2, 0.25) is 0 Å². The van der Waals surface area contributed by atoms with E-state index in [4.69, 9.17) is 15.2 Å². The zero-order chi connectivity index (χ0) is 20.8. The minimum absolute atomic E-state index is 0.134. The van der Waals surface area contributed by atoms with Crippen LogP contribution in [-0.4, -0.2) is 47.4 Å². The van der Waals surface area contributed by atoms with Crippen LogP contribution in [-0.2, 0) is 9.47 Å². The smallest absolute Gasteiger partial charge is 0.407 e. The largest absolute Gasteiger partial charge is 0.444 e. The summed E-state index contributed by atoms with van der Waals surface area (Å²) in [6.07, 6.45) is -1.17.